The number of carboxylic acids is 1. The van der Waals surface area contributed by atoms with E-state index in [1.807, 2.05) is 24.8 Å². The second-order valence-electron chi connectivity index (χ2n) is 7.86. The molecule has 158 valence electrons. The Labute approximate surface area is 173 Å². The van der Waals surface area contributed by atoms with Crippen molar-refractivity contribution in [2.75, 3.05) is 24.6 Å². The summed E-state index contributed by atoms with van der Waals surface area (Å²) < 4.78 is 8.10. The van der Waals surface area contributed by atoms with Gasteiger partial charge in [-0.2, -0.15) is 0 Å². The van der Waals surface area contributed by atoms with Gasteiger partial charge in [-0.3, -0.25) is 4.79 Å². The van der Waals surface area contributed by atoms with Crippen LogP contribution in [0.4, 0.5) is 5.69 Å². The highest BCUT2D eigenvalue weighted by Gasteiger charge is 2.29. The summed E-state index contributed by atoms with van der Waals surface area (Å²) in [6.45, 7) is 5.36. The fourth-order valence-corrected chi connectivity index (χ4v) is 4.05. The Morgan fingerprint density at radius 1 is 1.24 bits per heavy atom. The van der Waals surface area contributed by atoms with Crippen LogP contribution in [0.2, 0.25) is 0 Å². The van der Waals surface area contributed by atoms with E-state index in [1.165, 1.54) is 24.8 Å². The maximum absolute atomic E-state index is 11.0. The molecule has 0 bridgehead atoms. The number of aryl methyl sites for hydroxylation is 1. The summed E-state index contributed by atoms with van der Waals surface area (Å²) in [5, 5.41) is 9.08. The van der Waals surface area contributed by atoms with Gasteiger partial charge >= 0.3 is 5.97 Å². The molecule has 1 atom stereocenters. The number of rotatable bonds is 13. The van der Waals surface area contributed by atoms with Crippen LogP contribution in [0.25, 0.3) is 0 Å². The normalized spacial score (nSPS) is 15.5. The Kier molecular flexibility index (Phi) is 7.96. The van der Waals surface area contributed by atoms with Crippen LogP contribution in [0, 0.1) is 0 Å². The van der Waals surface area contributed by atoms with E-state index in [9.17, 15) is 4.79 Å². The summed E-state index contributed by atoms with van der Waals surface area (Å²) in [5.74, 6) is 0.591. The number of unbranched alkanes of at least 4 members (excludes halogenated alkanes) is 3. The second-order valence-corrected chi connectivity index (χ2v) is 7.86. The first-order valence-electron chi connectivity index (χ1n) is 10.9. The average molecular weight is 400 g/mol. The topological polar surface area (TPSA) is 67.6 Å². The van der Waals surface area contributed by atoms with Crippen molar-refractivity contribution >= 4 is 11.7 Å². The lowest BCUT2D eigenvalue weighted by atomic mass is 9.96. The minimum atomic E-state index is -0.748. The van der Waals surface area contributed by atoms with Gasteiger partial charge in [0.2, 0.25) is 0 Å². The molecule has 1 aliphatic heterocycles. The van der Waals surface area contributed by atoms with Crippen molar-refractivity contribution in [3.63, 3.8) is 0 Å². The number of carboxylic acid groups (broad SMARTS) is 1. The molecule has 1 N–H and O–H groups in total. The molecule has 0 amide bonds. The number of nitrogens with zero attached hydrogens (tertiary/aromatic N) is 3. The molecule has 6 heteroatoms. The van der Waals surface area contributed by atoms with E-state index in [0.717, 1.165) is 50.4 Å². The van der Waals surface area contributed by atoms with E-state index >= 15 is 0 Å². The number of hydrogen-bond acceptors (Lipinski definition) is 4. The van der Waals surface area contributed by atoms with Gasteiger partial charge in [0.25, 0.3) is 0 Å². The Balaban J connectivity index is 1.62. The molecule has 6 nitrogen and oxygen atoms in total. The minimum Gasteiger partial charge on any atom is -0.494 e. The summed E-state index contributed by atoms with van der Waals surface area (Å²) in [4.78, 5) is 17.4. The fourth-order valence-electron chi connectivity index (χ4n) is 4.05. The minimum absolute atomic E-state index is 0.164. The van der Waals surface area contributed by atoms with Gasteiger partial charge < -0.3 is 19.3 Å². The van der Waals surface area contributed by atoms with Crippen LogP contribution >= 0.6 is 0 Å². The zero-order chi connectivity index (χ0) is 20.5. The van der Waals surface area contributed by atoms with E-state index in [-0.39, 0.29) is 6.42 Å². The predicted molar refractivity (Wildman–Crippen MR) is 115 cm³/mol. The van der Waals surface area contributed by atoms with Crippen LogP contribution in [0.15, 0.2) is 36.9 Å². The quantitative estimate of drug-likeness (QED) is 0.495. The lowest BCUT2D eigenvalue weighted by Crippen LogP contribution is -2.25. The summed E-state index contributed by atoms with van der Waals surface area (Å²) in [7, 11) is 0. The van der Waals surface area contributed by atoms with E-state index in [0.29, 0.717) is 12.5 Å². The molecule has 1 aromatic carbocycles. The molecule has 2 heterocycles. The molecule has 2 aromatic rings. The second kappa shape index (κ2) is 10.9. The number of ether oxygens (including phenoxy) is 1. The Morgan fingerprint density at radius 2 is 2.14 bits per heavy atom. The first kappa shape index (κ1) is 21.2. The fraction of sp³-hybridized carbons (Fsp3) is 0.565. The number of hydrogen-bond donors (Lipinski definition) is 1. The highest BCUT2D eigenvalue weighted by molar-refractivity contribution is 5.69. The number of imidazole rings is 1. The number of benzene rings is 1. The SMILES string of the molecule is CCCCCCOc1ccc2c(c1)C(CCCn1ccnc1)CN2CCC(=O)O. The Hall–Kier alpha value is -2.50. The van der Waals surface area contributed by atoms with Crippen LogP contribution in [0.5, 0.6) is 5.75 Å². The molecule has 29 heavy (non-hydrogen) atoms. The molecule has 1 unspecified atom stereocenters. The maximum atomic E-state index is 11.0. The van der Waals surface area contributed by atoms with Gasteiger partial charge in [0, 0.05) is 43.6 Å². The number of carbonyl (C=O) groups is 1. The lowest BCUT2D eigenvalue weighted by molar-refractivity contribution is -0.136. The largest absolute Gasteiger partial charge is 0.494 e. The van der Waals surface area contributed by atoms with Gasteiger partial charge in [-0.15, -0.1) is 0 Å². The molecule has 0 fully saturated rings. The molecule has 0 spiro atoms. The summed E-state index contributed by atoms with van der Waals surface area (Å²) in [6.07, 6.45) is 12.7. The van der Waals surface area contributed by atoms with Gasteiger partial charge in [-0.05, 0) is 43.0 Å². The molecule has 0 saturated heterocycles. The third-order valence-electron chi connectivity index (χ3n) is 5.61. The van der Waals surface area contributed by atoms with Gasteiger partial charge in [-0.25, -0.2) is 4.98 Å². The summed E-state index contributed by atoms with van der Waals surface area (Å²) >= 11 is 0. The van der Waals surface area contributed by atoms with Crippen molar-refractivity contribution in [3.05, 3.63) is 42.5 Å². The van der Waals surface area contributed by atoms with Crippen molar-refractivity contribution < 1.29 is 14.6 Å². The number of aliphatic carboxylic acids is 1. The molecular formula is C23H33N3O3. The highest BCUT2D eigenvalue weighted by atomic mass is 16.5. The molecule has 0 saturated carbocycles. The van der Waals surface area contributed by atoms with Crippen molar-refractivity contribution in [2.24, 2.45) is 0 Å². The number of fused-ring (bicyclic) bond motifs is 1. The maximum Gasteiger partial charge on any atom is 0.305 e. The Morgan fingerprint density at radius 3 is 2.90 bits per heavy atom. The Bertz CT molecular complexity index is 761. The number of aromatic nitrogens is 2. The van der Waals surface area contributed by atoms with Gasteiger partial charge in [0.05, 0.1) is 19.4 Å². The molecule has 0 radical (unpaired) electrons. The molecule has 1 aliphatic rings. The highest BCUT2D eigenvalue weighted by Crippen LogP contribution is 2.41. The van der Waals surface area contributed by atoms with E-state index < -0.39 is 5.97 Å². The number of anilines is 1. The molecular weight excluding hydrogens is 366 g/mol. The van der Waals surface area contributed by atoms with Gasteiger partial charge in [0.15, 0.2) is 0 Å². The summed E-state index contributed by atoms with van der Waals surface area (Å²) in [5.41, 5.74) is 2.46. The third kappa shape index (κ3) is 6.24. The average Bonchev–Trinajstić information content (AvgIpc) is 3.34. The van der Waals surface area contributed by atoms with Crippen LogP contribution in [0.3, 0.4) is 0 Å². The van der Waals surface area contributed by atoms with E-state index in [4.69, 9.17) is 9.84 Å². The van der Waals surface area contributed by atoms with Crippen LogP contribution in [0.1, 0.15) is 63.4 Å². The summed E-state index contributed by atoms with van der Waals surface area (Å²) in [6, 6.07) is 6.31. The van der Waals surface area contributed by atoms with E-state index in [1.54, 1.807) is 0 Å². The van der Waals surface area contributed by atoms with Gasteiger partial charge in [0.1, 0.15) is 5.75 Å². The smallest absolute Gasteiger partial charge is 0.305 e. The van der Waals surface area contributed by atoms with Crippen LogP contribution < -0.4 is 9.64 Å². The van der Waals surface area contributed by atoms with Crippen molar-refractivity contribution in [1.82, 2.24) is 9.55 Å². The monoisotopic (exact) mass is 399 g/mol. The standard InChI is InChI=1S/C23H33N3O3/c1-2-3-4-5-15-29-20-8-9-22-21(16-20)19(17-26(22)13-10-23(27)28)7-6-12-25-14-11-24-18-25/h8-9,11,14,16,18-19H,2-7,10,12-13,15,17H2,1H3,(H,27,28). The van der Waals surface area contributed by atoms with Crippen molar-refractivity contribution in [1.29, 1.82) is 0 Å². The first-order valence-corrected chi connectivity index (χ1v) is 10.9. The molecule has 3 rings (SSSR count). The lowest BCUT2D eigenvalue weighted by Gasteiger charge is -2.19. The van der Waals surface area contributed by atoms with Crippen LogP contribution in [-0.2, 0) is 11.3 Å². The van der Waals surface area contributed by atoms with E-state index in [2.05, 4.69) is 33.5 Å². The zero-order valence-electron chi connectivity index (χ0n) is 17.4. The third-order valence-corrected chi connectivity index (χ3v) is 5.61. The first-order chi connectivity index (χ1) is 14.2. The van der Waals surface area contributed by atoms with Crippen molar-refractivity contribution in [2.45, 2.75) is 64.3 Å². The molecule has 1 aromatic heterocycles. The van der Waals surface area contributed by atoms with Gasteiger partial charge in [-0.1, -0.05) is 26.2 Å². The van der Waals surface area contributed by atoms with Crippen LogP contribution in [-0.4, -0.2) is 40.3 Å². The predicted octanol–water partition coefficient (Wildman–Crippen LogP) is 4.70. The van der Waals surface area contributed by atoms with Crippen molar-refractivity contribution in [3.8, 4) is 5.75 Å². The molecule has 0 aliphatic carbocycles. The zero-order valence-corrected chi connectivity index (χ0v) is 17.4.